The maximum atomic E-state index is 11.0. The molecule has 0 fully saturated rings. The molecule has 0 radical (unpaired) electrons. The van der Waals surface area contributed by atoms with Crippen LogP contribution in [-0.4, -0.2) is 22.6 Å². The molecule has 0 atom stereocenters. The third-order valence-corrected chi connectivity index (χ3v) is 1.54. The summed E-state index contributed by atoms with van der Waals surface area (Å²) in [6.07, 6.45) is 4.59. The first-order valence-electron chi connectivity index (χ1n) is 3.63. The van der Waals surface area contributed by atoms with E-state index in [4.69, 9.17) is 0 Å². The summed E-state index contributed by atoms with van der Waals surface area (Å²) in [5, 5.41) is 0. The molecule has 0 aliphatic carbocycles. The predicted molar refractivity (Wildman–Crippen MR) is 49.1 cm³/mol. The zero-order valence-corrected chi connectivity index (χ0v) is 7.36. The van der Waals surface area contributed by atoms with Gasteiger partial charge in [0.2, 0.25) is 0 Å². The second-order valence-electron chi connectivity index (χ2n) is 2.35. The van der Waals surface area contributed by atoms with E-state index >= 15 is 0 Å². The van der Waals surface area contributed by atoms with Gasteiger partial charge in [-0.3, -0.25) is 0 Å². The highest BCUT2D eigenvalue weighted by molar-refractivity contribution is 5.87. The number of imidazole rings is 1. The Labute approximate surface area is 76.2 Å². The molecule has 13 heavy (non-hydrogen) atoms. The number of rotatable bonds is 3. The summed E-state index contributed by atoms with van der Waals surface area (Å²) in [4.78, 5) is 14.8. The summed E-state index contributed by atoms with van der Waals surface area (Å²) in [6.45, 7) is 7.24. The van der Waals surface area contributed by atoms with Crippen molar-refractivity contribution in [3.05, 3.63) is 37.5 Å². The molecule has 0 saturated carbocycles. The van der Waals surface area contributed by atoms with Crippen molar-refractivity contribution < 1.29 is 9.53 Å². The molecule has 1 aromatic rings. The number of carbonyl (C=O) groups is 1. The first-order valence-corrected chi connectivity index (χ1v) is 3.63. The van der Waals surface area contributed by atoms with Gasteiger partial charge in [0.1, 0.15) is 6.33 Å². The number of hydrogen-bond acceptors (Lipinski definition) is 3. The lowest BCUT2D eigenvalue weighted by Gasteiger charge is -1.97. The molecule has 0 saturated heterocycles. The molecule has 4 heteroatoms. The summed E-state index contributed by atoms with van der Waals surface area (Å²) in [7, 11) is 1.31. The lowest BCUT2D eigenvalue weighted by molar-refractivity contribution is 0.0594. The van der Waals surface area contributed by atoms with E-state index in [1.54, 1.807) is 10.6 Å². The topological polar surface area (TPSA) is 44.1 Å². The highest BCUT2D eigenvalue weighted by atomic mass is 16.5. The van der Waals surface area contributed by atoms with Gasteiger partial charge in [-0.1, -0.05) is 13.2 Å². The van der Waals surface area contributed by atoms with Crippen LogP contribution in [0.25, 0.3) is 5.70 Å². The van der Waals surface area contributed by atoms with Crippen molar-refractivity contribution in [1.29, 1.82) is 0 Å². The Kier molecular flexibility index (Phi) is 2.64. The van der Waals surface area contributed by atoms with Crippen molar-refractivity contribution in [2.24, 2.45) is 0 Å². The second-order valence-corrected chi connectivity index (χ2v) is 2.35. The molecule has 0 spiro atoms. The predicted octanol–water partition coefficient (Wildman–Crippen LogP) is 1.33. The van der Waals surface area contributed by atoms with Gasteiger partial charge in [0.05, 0.1) is 7.11 Å². The van der Waals surface area contributed by atoms with Crippen LogP contribution in [0.15, 0.2) is 31.8 Å². The van der Waals surface area contributed by atoms with E-state index in [0.717, 1.165) is 0 Å². The van der Waals surface area contributed by atoms with Crippen LogP contribution < -0.4 is 0 Å². The molecule has 0 bridgehead atoms. The second kappa shape index (κ2) is 3.71. The van der Waals surface area contributed by atoms with E-state index in [2.05, 4.69) is 22.9 Å². The molecular formula is C9H10N2O2. The molecule has 0 amide bonds. The number of allylic oxidation sites excluding steroid dienone is 2. The molecular weight excluding hydrogens is 168 g/mol. The molecule has 0 aromatic carbocycles. The Morgan fingerprint density at radius 1 is 1.77 bits per heavy atom. The monoisotopic (exact) mass is 178 g/mol. The Bertz CT molecular complexity index is 352. The SMILES string of the molecule is C=CC(=C)n1cnc(C(=O)OC)c1. The number of hydrogen-bond donors (Lipinski definition) is 0. The van der Waals surface area contributed by atoms with Gasteiger partial charge in [0, 0.05) is 11.9 Å². The number of aromatic nitrogens is 2. The van der Waals surface area contributed by atoms with Crippen molar-refractivity contribution in [2.75, 3.05) is 7.11 Å². The first kappa shape index (κ1) is 9.25. The van der Waals surface area contributed by atoms with Gasteiger partial charge in [-0.25, -0.2) is 9.78 Å². The van der Waals surface area contributed by atoms with Crippen LogP contribution in [0.3, 0.4) is 0 Å². The van der Waals surface area contributed by atoms with E-state index in [1.165, 1.54) is 19.6 Å². The third kappa shape index (κ3) is 1.84. The lowest BCUT2D eigenvalue weighted by atomic mass is 10.4. The minimum Gasteiger partial charge on any atom is -0.464 e. The van der Waals surface area contributed by atoms with Crippen LogP contribution in [-0.2, 0) is 4.74 Å². The molecule has 0 unspecified atom stereocenters. The standard InChI is InChI=1S/C9H10N2O2/c1-4-7(2)11-5-8(10-6-11)9(12)13-3/h4-6H,1-2H2,3H3. The maximum absolute atomic E-state index is 11.0. The van der Waals surface area contributed by atoms with Gasteiger partial charge in [0.15, 0.2) is 5.69 Å². The van der Waals surface area contributed by atoms with E-state index in [-0.39, 0.29) is 5.69 Å². The van der Waals surface area contributed by atoms with Gasteiger partial charge < -0.3 is 9.30 Å². The van der Waals surface area contributed by atoms with Gasteiger partial charge in [-0.2, -0.15) is 0 Å². The quantitative estimate of drug-likeness (QED) is 0.518. The maximum Gasteiger partial charge on any atom is 0.358 e. The Hall–Kier alpha value is -1.84. The van der Waals surface area contributed by atoms with Gasteiger partial charge in [-0.05, 0) is 6.08 Å². The molecule has 1 heterocycles. The van der Waals surface area contributed by atoms with Crippen LogP contribution in [0.5, 0.6) is 0 Å². The zero-order chi connectivity index (χ0) is 9.84. The molecule has 4 nitrogen and oxygen atoms in total. The van der Waals surface area contributed by atoms with Gasteiger partial charge >= 0.3 is 5.97 Å². The van der Waals surface area contributed by atoms with Crippen molar-refractivity contribution in [3.63, 3.8) is 0 Å². The Morgan fingerprint density at radius 2 is 2.46 bits per heavy atom. The van der Waals surface area contributed by atoms with Gasteiger partial charge in [0.25, 0.3) is 0 Å². The van der Waals surface area contributed by atoms with Crippen LogP contribution >= 0.6 is 0 Å². The normalized spacial score (nSPS) is 9.31. The smallest absolute Gasteiger partial charge is 0.358 e. The molecule has 68 valence electrons. The number of nitrogens with zero attached hydrogens (tertiary/aromatic N) is 2. The summed E-state index contributed by atoms with van der Waals surface area (Å²) in [6, 6.07) is 0. The largest absolute Gasteiger partial charge is 0.464 e. The van der Waals surface area contributed by atoms with Gasteiger partial charge in [-0.15, -0.1) is 0 Å². The molecule has 0 aliphatic rings. The average Bonchev–Trinajstić information content (AvgIpc) is 2.64. The van der Waals surface area contributed by atoms with E-state index < -0.39 is 5.97 Å². The molecule has 0 aliphatic heterocycles. The molecule has 1 rings (SSSR count). The number of carbonyl (C=O) groups excluding carboxylic acids is 1. The number of esters is 1. The fourth-order valence-corrected chi connectivity index (χ4v) is 0.795. The van der Waals surface area contributed by atoms with Crippen molar-refractivity contribution >= 4 is 11.7 Å². The first-order chi connectivity index (χ1) is 6.19. The summed E-state index contributed by atoms with van der Waals surface area (Å²) < 4.78 is 6.09. The Balaban J connectivity index is 2.92. The van der Waals surface area contributed by atoms with Crippen molar-refractivity contribution in [1.82, 2.24) is 9.55 Å². The Morgan fingerprint density at radius 3 is 3.00 bits per heavy atom. The fraction of sp³-hybridized carbons (Fsp3) is 0.111. The van der Waals surface area contributed by atoms with E-state index in [1.807, 2.05) is 0 Å². The summed E-state index contributed by atoms with van der Waals surface area (Å²) in [5.41, 5.74) is 0.910. The van der Waals surface area contributed by atoms with Crippen LogP contribution in [0, 0.1) is 0 Å². The van der Waals surface area contributed by atoms with Crippen molar-refractivity contribution in [2.45, 2.75) is 0 Å². The van der Waals surface area contributed by atoms with E-state index in [9.17, 15) is 4.79 Å². The fourth-order valence-electron chi connectivity index (χ4n) is 0.795. The minimum atomic E-state index is -0.462. The lowest BCUT2D eigenvalue weighted by Crippen LogP contribution is -2.00. The van der Waals surface area contributed by atoms with E-state index in [0.29, 0.717) is 5.70 Å². The van der Waals surface area contributed by atoms with Crippen molar-refractivity contribution in [3.8, 4) is 0 Å². The highest BCUT2D eigenvalue weighted by Crippen LogP contribution is 2.05. The van der Waals surface area contributed by atoms with Crippen LogP contribution in [0.1, 0.15) is 10.5 Å². The number of methoxy groups -OCH3 is 1. The molecule has 0 N–H and O–H groups in total. The molecule has 1 aromatic heterocycles. The van der Waals surface area contributed by atoms with Crippen LogP contribution in [0.2, 0.25) is 0 Å². The minimum absolute atomic E-state index is 0.255. The summed E-state index contributed by atoms with van der Waals surface area (Å²) in [5.74, 6) is -0.462. The third-order valence-electron chi connectivity index (χ3n) is 1.54. The average molecular weight is 178 g/mol. The summed E-state index contributed by atoms with van der Waals surface area (Å²) >= 11 is 0. The number of ether oxygens (including phenoxy) is 1. The van der Waals surface area contributed by atoms with Crippen LogP contribution in [0.4, 0.5) is 0 Å². The zero-order valence-electron chi connectivity index (χ0n) is 7.36. The highest BCUT2D eigenvalue weighted by Gasteiger charge is 2.08.